The Bertz CT molecular complexity index is 1350. The van der Waals surface area contributed by atoms with Gasteiger partial charge in [-0.25, -0.2) is 4.98 Å². The molecule has 2 heterocycles. The highest BCUT2D eigenvalue weighted by Crippen LogP contribution is 2.42. The molecule has 1 saturated heterocycles. The van der Waals surface area contributed by atoms with Crippen LogP contribution in [0.3, 0.4) is 0 Å². The number of likely N-dealkylation sites (tertiary alicyclic amines) is 1. The summed E-state index contributed by atoms with van der Waals surface area (Å²) >= 11 is 0. The SMILES string of the molecule is CCOc1ccc(C(O)=C2C(=O)C(=O)N(CCCn3ccnc3)C2c2ccc(OCCC(C)C)c(OCC)c2)cc1. The average Bonchev–Trinajstić information content (AvgIpc) is 3.56. The molecule has 0 bridgehead atoms. The van der Waals surface area contributed by atoms with Gasteiger partial charge in [0, 0.05) is 31.0 Å². The molecule has 1 amide bonds. The zero-order chi connectivity index (χ0) is 29.4. The van der Waals surface area contributed by atoms with Gasteiger partial charge in [-0.3, -0.25) is 9.59 Å². The minimum Gasteiger partial charge on any atom is -0.507 e. The van der Waals surface area contributed by atoms with E-state index in [-0.39, 0.29) is 11.3 Å². The molecule has 0 aliphatic carbocycles. The van der Waals surface area contributed by atoms with Crippen LogP contribution in [0.4, 0.5) is 0 Å². The minimum atomic E-state index is -0.798. The average molecular weight is 562 g/mol. The Labute approximate surface area is 241 Å². The van der Waals surface area contributed by atoms with Crippen molar-refractivity contribution in [3.05, 3.63) is 77.9 Å². The monoisotopic (exact) mass is 561 g/mol. The molecular formula is C32H39N3O6. The molecule has 0 saturated carbocycles. The lowest BCUT2D eigenvalue weighted by atomic mass is 9.95. The van der Waals surface area contributed by atoms with Crippen molar-refractivity contribution in [1.82, 2.24) is 14.5 Å². The van der Waals surface area contributed by atoms with Gasteiger partial charge in [0.1, 0.15) is 11.5 Å². The first-order valence-corrected chi connectivity index (χ1v) is 14.2. The minimum absolute atomic E-state index is 0.0396. The van der Waals surface area contributed by atoms with Crippen LogP contribution in [0.2, 0.25) is 0 Å². The van der Waals surface area contributed by atoms with E-state index in [2.05, 4.69) is 18.8 Å². The van der Waals surface area contributed by atoms with Crippen LogP contribution in [-0.4, -0.2) is 57.6 Å². The lowest BCUT2D eigenvalue weighted by Gasteiger charge is -2.26. The van der Waals surface area contributed by atoms with Gasteiger partial charge in [0.25, 0.3) is 11.7 Å². The normalized spacial score (nSPS) is 16.4. The van der Waals surface area contributed by atoms with Gasteiger partial charge in [-0.05, 0) is 74.6 Å². The summed E-state index contributed by atoms with van der Waals surface area (Å²) < 4.78 is 19.4. The highest BCUT2D eigenvalue weighted by Gasteiger charge is 2.46. The number of amides is 1. The predicted octanol–water partition coefficient (Wildman–Crippen LogP) is 5.62. The molecule has 2 aromatic carbocycles. The highest BCUT2D eigenvalue weighted by molar-refractivity contribution is 6.46. The summed E-state index contributed by atoms with van der Waals surface area (Å²) in [5.41, 5.74) is 1.12. The number of aliphatic hydroxyl groups excluding tert-OH is 1. The number of Topliss-reactive ketones (excluding diaryl/α,β-unsaturated/α-hetero) is 1. The number of hydrogen-bond donors (Lipinski definition) is 1. The fraction of sp³-hybridized carbons (Fsp3) is 0.406. The molecular weight excluding hydrogens is 522 g/mol. The number of ether oxygens (including phenoxy) is 3. The molecule has 4 rings (SSSR count). The van der Waals surface area contributed by atoms with Gasteiger partial charge in [0.15, 0.2) is 11.5 Å². The fourth-order valence-electron chi connectivity index (χ4n) is 4.82. The van der Waals surface area contributed by atoms with Gasteiger partial charge in [-0.2, -0.15) is 0 Å². The van der Waals surface area contributed by atoms with E-state index >= 15 is 0 Å². The van der Waals surface area contributed by atoms with E-state index in [4.69, 9.17) is 14.2 Å². The van der Waals surface area contributed by atoms with Crippen LogP contribution in [0, 0.1) is 5.92 Å². The largest absolute Gasteiger partial charge is 0.507 e. The Morgan fingerprint density at radius 1 is 0.976 bits per heavy atom. The smallest absolute Gasteiger partial charge is 0.295 e. The summed E-state index contributed by atoms with van der Waals surface area (Å²) in [5, 5.41) is 11.4. The van der Waals surface area contributed by atoms with Gasteiger partial charge in [-0.1, -0.05) is 19.9 Å². The maximum absolute atomic E-state index is 13.5. The summed E-state index contributed by atoms with van der Waals surface area (Å²) in [4.78, 5) is 32.4. The van der Waals surface area contributed by atoms with Crippen LogP contribution in [0.1, 0.15) is 57.7 Å². The van der Waals surface area contributed by atoms with Gasteiger partial charge in [0.05, 0.1) is 37.8 Å². The molecule has 218 valence electrons. The number of aliphatic hydroxyl groups is 1. The third kappa shape index (κ3) is 7.09. The van der Waals surface area contributed by atoms with Crippen molar-refractivity contribution >= 4 is 17.4 Å². The molecule has 1 unspecified atom stereocenters. The van der Waals surface area contributed by atoms with E-state index in [0.29, 0.717) is 73.6 Å². The van der Waals surface area contributed by atoms with Gasteiger partial charge >= 0.3 is 0 Å². The lowest BCUT2D eigenvalue weighted by molar-refractivity contribution is -0.139. The van der Waals surface area contributed by atoms with E-state index in [1.165, 1.54) is 4.90 Å². The Hall–Kier alpha value is -4.27. The van der Waals surface area contributed by atoms with E-state index < -0.39 is 17.7 Å². The highest BCUT2D eigenvalue weighted by atomic mass is 16.5. The molecule has 1 aromatic heterocycles. The third-order valence-electron chi connectivity index (χ3n) is 6.89. The summed E-state index contributed by atoms with van der Waals surface area (Å²) in [7, 11) is 0. The number of hydrogen-bond acceptors (Lipinski definition) is 7. The maximum Gasteiger partial charge on any atom is 0.295 e. The summed E-state index contributed by atoms with van der Waals surface area (Å²) in [5.74, 6) is 0.661. The van der Waals surface area contributed by atoms with Crippen molar-refractivity contribution in [2.45, 2.75) is 53.1 Å². The zero-order valence-corrected chi connectivity index (χ0v) is 24.2. The second-order valence-corrected chi connectivity index (χ2v) is 10.3. The van der Waals surface area contributed by atoms with Gasteiger partial charge < -0.3 is 28.8 Å². The number of aromatic nitrogens is 2. The topological polar surface area (TPSA) is 103 Å². The summed E-state index contributed by atoms with van der Waals surface area (Å²) in [6.07, 6.45) is 6.75. The molecule has 1 atom stereocenters. The van der Waals surface area contributed by atoms with Gasteiger partial charge in [0.2, 0.25) is 0 Å². The number of carbonyl (C=O) groups is 2. The molecule has 0 spiro atoms. The van der Waals surface area contributed by atoms with E-state index in [9.17, 15) is 14.7 Å². The third-order valence-corrected chi connectivity index (χ3v) is 6.89. The Morgan fingerprint density at radius 3 is 2.39 bits per heavy atom. The first kappa shape index (κ1) is 29.7. The standard InChI is InChI=1S/C32H39N3O6/c1-5-39-25-11-8-23(9-12-25)30(36)28-29(35(32(38)31(28)37)17-7-16-34-18-15-33-21-34)24-10-13-26(27(20-24)40-6-2)41-19-14-22(3)4/h8-13,15,18,20-22,29,36H,5-7,14,16-17,19H2,1-4H3. The van der Waals surface area contributed by atoms with E-state index in [1.807, 2.05) is 36.7 Å². The first-order chi connectivity index (χ1) is 19.8. The number of aryl methyl sites for hydroxylation is 1. The van der Waals surface area contributed by atoms with Gasteiger partial charge in [-0.15, -0.1) is 0 Å². The van der Waals surface area contributed by atoms with E-state index in [0.717, 1.165) is 6.42 Å². The molecule has 1 aliphatic rings. The number of benzene rings is 2. The predicted molar refractivity (Wildman–Crippen MR) is 156 cm³/mol. The molecule has 9 heteroatoms. The maximum atomic E-state index is 13.5. The summed E-state index contributed by atoms with van der Waals surface area (Å²) in [6, 6.07) is 11.5. The molecule has 9 nitrogen and oxygen atoms in total. The van der Waals surface area contributed by atoms with Crippen molar-refractivity contribution in [1.29, 1.82) is 0 Å². The molecule has 1 fully saturated rings. The Balaban J connectivity index is 1.73. The van der Waals surface area contributed by atoms with Crippen LogP contribution in [0.5, 0.6) is 17.2 Å². The van der Waals surface area contributed by atoms with Crippen LogP contribution in [-0.2, 0) is 16.1 Å². The second-order valence-electron chi connectivity index (χ2n) is 10.3. The van der Waals surface area contributed by atoms with Crippen LogP contribution in [0.25, 0.3) is 5.76 Å². The van der Waals surface area contributed by atoms with Crippen molar-refractivity contribution in [2.24, 2.45) is 5.92 Å². The number of nitrogens with zero attached hydrogens (tertiary/aromatic N) is 3. The number of imidazole rings is 1. The number of ketones is 1. The fourth-order valence-corrected chi connectivity index (χ4v) is 4.82. The molecule has 1 aliphatic heterocycles. The van der Waals surface area contributed by atoms with Crippen LogP contribution >= 0.6 is 0 Å². The number of carbonyl (C=O) groups excluding carboxylic acids is 2. The lowest BCUT2D eigenvalue weighted by Crippen LogP contribution is -2.31. The first-order valence-electron chi connectivity index (χ1n) is 14.2. The van der Waals surface area contributed by atoms with Crippen molar-refractivity contribution in [2.75, 3.05) is 26.4 Å². The van der Waals surface area contributed by atoms with Crippen molar-refractivity contribution < 1.29 is 28.9 Å². The summed E-state index contributed by atoms with van der Waals surface area (Å²) in [6.45, 7) is 10.5. The molecule has 1 N–H and O–H groups in total. The Morgan fingerprint density at radius 2 is 1.73 bits per heavy atom. The quantitative estimate of drug-likeness (QED) is 0.155. The van der Waals surface area contributed by atoms with E-state index in [1.54, 1.807) is 42.9 Å². The van der Waals surface area contributed by atoms with Crippen molar-refractivity contribution in [3.63, 3.8) is 0 Å². The molecule has 0 radical (unpaired) electrons. The molecule has 41 heavy (non-hydrogen) atoms. The zero-order valence-electron chi connectivity index (χ0n) is 24.2. The second kappa shape index (κ2) is 13.9. The van der Waals surface area contributed by atoms with Crippen LogP contribution in [0.15, 0.2) is 66.8 Å². The Kier molecular flexibility index (Phi) is 10.1. The number of rotatable bonds is 14. The van der Waals surface area contributed by atoms with Crippen molar-refractivity contribution in [3.8, 4) is 17.2 Å². The molecule has 3 aromatic rings. The van der Waals surface area contributed by atoms with Crippen LogP contribution < -0.4 is 14.2 Å².